The first-order valence-corrected chi connectivity index (χ1v) is 6.18. The molecule has 1 unspecified atom stereocenters. The van der Waals surface area contributed by atoms with Gasteiger partial charge in [-0.3, -0.25) is 0 Å². The molecule has 0 aromatic heterocycles. The van der Waals surface area contributed by atoms with E-state index in [4.69, 9.17) is 9.47 Å². The fraction of sp³-hybridized carbons (Fsp3) is 1.00. The van der Waals surface area contributed by atoms with Gasteiger partial charge in [0.1, 0.15) is 0 Å². The van der Waals surface area contributed by atoms with Crippen LogP contribution in [0.2, 0.25) is 0 Å². The van der Waals surface area contributed by atoms with Crippen molar-refractivity contribution in [1.82, 2.24) is 5.32 Å². The van der Waals surface area contributed by atoms with Crippen LogP contribution in [0.5, 0.6) is 0 Å². The summed E-state index contributed by atoms with van der Waals surface area (Å²) in [5.74, 6) is 0.797. The first kappa shape index (κ1) is 12.9. The maximum atomic E-state index is 5.88. The Morgan fingerprint density at radius 2 is 2.07 bits per heavy atom. The van der Waals surface area contributed by atoms with Gasteiger partial charge in [0.25, 0.3) is 0 Å². The van der Waals surface area contributed by atoms with Crippen molar-refractivity contribution in [3.8, 4) is 0 Å². The topological polar surface area (TPSA) is 30.5 Å². The van der Waals surface area contributed by atoms with E-state index >= 15 is 0 Å². The second kappa shape index (κ2) is 8.08. The maximum absolute atomic E-state index is 5.88. The van der Waals surface area contributed by atoms with E-state index in [1.807, 2.05) is 0 Å². The van der Waals surface area contributed by atoms with Crippen LogP contribution in [0.3, 0.4) is 0 Å². The van der Waals surface area contributed by atoms with Gasteiger partial charge in [0.15, 0.2) is 0 Å². The highest BCUT2D eigenvalue weighted by atomic mass is 16.5. The molecule has 1 rings (SSSR count). The molecular weight excluding hydrogens is 190 g/mol. The van der Waals surface area contributed by atoms with Crippen LogP contribution in [-0.4, -0.2) is 39.5 Å². The Hall–Kier alpha value is -0.120. The molecule has 1 saturated carbocycles. The lowest BCUT2D eigenvalue weighted by molar-refractivity contribution is -0.0149. The Labute approximate surface area is 93.5 Å². The molecule has 0 saturated heterocycles. The first-order chi connectivity index (χ1) is 7.36. The summed E-state index contributed by atoms with van der Waals surface area (Å²) >= 11 is 0. The van der Waals surface area contributed by atoms with Gasteiger partial charge in [0, 0.05) is 20.3 Å². The fourth-order valence-corrected chi connectivity index (χ4v) is 2.11. The summed E-state index contributed by atoms with van der Waals surface area (Å²) in [6.45, 7) is 5.62. The van der Waals surface area contributed by atoms with Crippen LogP contribution in [0.25, 0.3) is 0 Å². The van der Waals surface area contributed by atoms with E-state index in [1.54, 1.807) is 7.11 Å². The average Bonchev–Trinajstić information content (AvgIpc) is 2.75. The molecule has 90 valence electrons. The third kappa shape index (κ3) is 5.50. The molecule has 3 heteroatoms. The third-order valence-corrected chi connectivity index (χ3v) is 3.02. The van der Waals surface area contributed by atoms with Crippen LogP contribution >= 0.6 is 0 Å². The van der Waals surface area contributed by atoms with Crippen molar-refractivity contribution in [2.45, 2.75) is 38.7 Å². The zero-order valence-electron chi connectivity index (χ0n) is 10.1. The van der Waals surface area contributed by atoms with Crippen molar-refractivity contribution in [2.75, 3.05) is 33.4 Å². The minimum Gasteiger partial charge on any atom is -0.382 e. The normalized spacial score (nSPS) is 19.6. The molecule has 0 aromatic rings. The highest BCUT2D eigenvalue weighted by Gasteiger charge is 2.17. The summed E-state index contributed by atoms with van der Waals surface area (Å²) in [6.07, 6.45) is 5.68. The molecule has 0 amide bonds. The van der Waals surface area contributed by atoms with Gasteiger partial charge in [-0.2, -0.15) is 0 Å². The molecule has 3 nitrogen and oxygen atoms in total. The van der Waals surface area contributed by atoms with Crippen molar-refractivity contribution in [1.29, 1.82) is 0 Å². The van der Waals surface area contributed by atoms with E-state index in [-0.39, 0.29) is 6.10 Å². The van der Waals surface area contributed by atoms with Crippen LogP contribution in [0.1, 0.15) is 32.6 Å². The molecule has 0 spiro atoms. The minimum atomic E-state index is 0.218. The zero-order valence-corrected chi connectivity index (χ0v) is 10.1. The molecule has 1 N–H and O–H groups in total. The van der Waals surface area contributed by atoms with Crippen molar-refractivity contribution < 1.29 is 9.47 Å². The van der Waals surface area contributed by atoms with Crippen molar-refractivity contribution in [3.05, 3.63) is 0 Å². The third-order valence-electron chi connectivity index (χ3n) is 3.02. The largest absolute Gasteiger partial charge is 0.382 e. The van der Waals surface area contributed by atoms with E-state index in [0.717, 1.165) is 25.6 Å². The average molecular weight is 215 g/mol. The highest BCUT2D eigenvalue weighted by Crippen LogP contribution is 2.24. The number of ether oxygens (including phenoxy) is 2. The molecular formula is C12H25NO2. The zero-order chi connectivity index (χ0) is 10.9. The minimum absolute atomic E-state index is 0.218. The van der Waals surface area contributed by atoms with Crippen molar-refractivity contribution in [3.63, 3.8) is 0 Å². The molecule has 1 aliphatic carbocycles. The number of hydrogen-bond donors (Lipinski definition) is 1. The summed E-state index contributed by atoms with van der Waals surface area (Å²) < 4.78 is 11.0. The van der Waals surface area contributed by atoms with Gasteiger partial charge in [-0.1, -0.05) is 19.8 Å². The summed E-state index contributed by atoms with van der Waals surface area (Å²) in [6, 6.07) is 0. The van der Waals surface area contributed by atoms with E-state index in [9.17, 15) is 0 Å². The summed E-state index contributed by atoms with van der Waals surface area (Å²) in [5, 5.41) is 3.30. The van der Waals surface area contributed by atoms with E-state index in [2.05, 4.69) is 12.2 Å². The van der Waals surface area contributed by atoms with E-state index in [0.29, 0.717) is 6.61 Å². The molecule has 15 heavy (non-hydrogen) atoms. The maximum Gasteiger partial charge on any atom is 0.0932 e. The second-order valence-corrected chi connectivity index (χ2v) is 4.37. The molecule has 1 aliphatic rings. The predicted octanol–water partition coefficient (Wildman–Crippen LogP) is 1.82. The van der Waals surface area contributed by atoms with Gasteiger partial charge in [0.2, 0.25) is 0 Å². The molecule has 0 aromatic carbocycles. The number of likely N-dealkylation sites (N-methyl/N-ethyl adjacent to an activating group) is 1. The first-order valence-electron chi connectivity index (χ1n) is 6.18. The van der Waals surface area contributed by atoms with Crippen LogP contribution in [0, 0.1) is 5.92 Å². The Bertz CT molecular complexity index is 147. The standard InChI is InChI=1S/C12H25NO2/c1-3-13-8-12(10-14-2)15-9-11-6-4-5-7-11/h11-13H,3-10H2,1-2H3. The Morgan fingerprint density at radius 3 is 2.67 bits per heavy atom. The second-order valence-electron chi connectivity index (χ2n) is 4.37. The smallest absolute Gasteiger partial charge is 0.0932 e. The van der Waals surface area contributed by atoms with E-state index in [1.165, 1.54) is 25.7 Å². The van der Waals surface area contributed by atoms with Gasteiger partial charge in [-0.15, -0.1) is 0 Å². The van der Waals surface area contributed by atoms with Crippen LogP contribution in [0.4, 0.5) is 0 Å². The molecule has 0 heterocycles. The quantitative estimate of drug-likeness (QED) is 0.670. The summed E-state index contributed by atoms with van der Waals surface area (Å²) in [4.78, 5) is 0. The van der Waals surface area contributed by atoms with E-state index < -0.39 is 0 Å². The highest BCUT2D eigenvalue weighted by molar-refractivity contribution is 4.68. The summed E-state index contributed by atoms with van der Waals surface area (Å²) in [7, 11) is 1.73. The van der Waals surface area contributed by atoms with Crippen LogP contribution < -0.4 is 5.32 Å². The predicted molar refractivity (Wildman–Crippen MR) is 62.1 cm³/mol. The van der Waals surface area contributed by atoms with Gasteiger partial charge in [-0.05, 0) is 25.3 Å². The fourth-order valence-electron chi connectivity index (χ4n) is 2.11. The van der Waals surface area contributed by atoms with Gasteiger partial charge < -0.3 is 14.8 Å². The lowest BCUT2D eigenvalue weighted by atomic mass is 10.1. The Kier molecular flexibility index (Phi) is 6.98. The van der Waals surface area contributed by atoms with Crippen molar-refractivity contribution >= 4 is 0 Å². The van der Waals surface area contributed by atoms with Gasteiger partial charge >= 0.3 is 0 Å². The molecule has 1 atom stereocenters. The molecule has 1 fully saturated rings. The van der Waals surface area contributed by atoms with Crippen LogP contribution in [0.15, 0.2) is 0 Å². The lowest BCUT2D eigenvalue weighted by Crippen LogP contribution is -2.33. The number of methoxy groups -OCH3 is 1. The summed E-state index contributed by atoms with van der Waals surface area (Å²) in [5.41, 5.74) is 0. The number of hydrogen-bond acceptors (Lipinski definition) is 3. The molecule has 0 bridgehead atoms. The van der Waals surface area contributed by atoms with Crippen molar-refractivity contribution in [2.24, 2.45) is 5.92 Å². The SMILES string of the molecule is CCNCC(COC)OCC1CCCC1. The lowest BCUT2D eigenvalue weighted by Gasteiger charge is -2.19. The molecule has 0 aliphatic heterocycles. The van der Waals surface area contributed by atoms with Gasteiger partial charge in [-0.25, -0.2) is 0 Å². The van der Waals surface area contributed by atoms with Gasteiger partial charge in [0.05, 0.1) is 12.7 Å². The number of nitrogens with one attached hydrogen (secondary N) is 1. The monoisotopic (exact) mass is 215 g/mol. The number of rotatable bonds is 8. The Balaban J connectivity index is 2.11. The van der Waals surface area contributed by atoms with Crippen LogP contribution in [-0.2, 0) is 9.47 Å². The Morgan fingerprint density at radius 1 is 1.33 bits per heavy atom. The molecule has 0 radical (unpaired) electrons.